The second-order valence-electron chi connectivity index (χ2n) is 9.74. The number of nitrogens with zero attached hydrogens (tertiary/aromatic N) is 9. The molecule has 0 saturated carbocycles. The van der Waals surface area contributed by atoms with Gasteiger partial charge in [0.05, 0.1) is 11.6 Å². The molecule has 10 nitrogen and oxygen atoms in total. The van der Waals surface area contributed by atoms with Gasteiger partial charge in [-0.3, -0.25) is 14.1 Å². The molecule has 12 heteroatoms. The van der Waals surface area contributed by atoms with Gasteiger partial charge in [0.15, 0.2) is 5.82 Å². The van der Waals surface area contributed by atoms with Gasteiger partial charge in [-0.2, -0.15) is 10.2 Å². The first-order chi connectivity index (χ1) is 18.7. The molecule has 3 atom stereocenters. The first-order valence-electron chi connectivity index (χ1n) is 12.9. The van der Waals surface area contributed by atoms with Crippen LogP contribution in [-0.2, 0) is 14.1 Å². The van der Waals surface area contributed by atoms with Crippen LogP contribution in [0.1, 0.15) is 49.8 Å². The summed E-state index contributed by atoms with van der Waals surface area (Å²) in [4.78, 5) is 31.1. The van der Waals surface area contributed by atoms with Crippen LogP contribution < -0.4 is 10.6 Å². The van der Waals surface area contributed by atoms with E-state index < -0.39 is 0 Å². The minimum Gasteiger partial charge on any atom is -0.349 e. The number of aryl methyl sites for hydroxylation is 2. The number of benzene rings is 1. The van der Waals surface area contributed by atoms with Crippen LogP contribution in [0.3, 0.4) is 0 Å². The lowest BCUT2D eigenvalue weighted by Crippen LogP contribution is -2.59. The standard InChI is InChI=1S/C27H29BrFN9O/c1-5-19-15-38(24-22-21(35(3)27(39)33-24)12-11-18(13-30)31-22)20(6-2)14-37(19)23(16-7-9-17(29)10-8-16)25-32-26(28)34-36(25)4/h7-12,19-20,23H,5-6,14-15H2,1-4H3/t19-,20+,23?/m1/s1. The SMILES string of the molecule is CC[C@H]1CN(C(c2ccc(F)cc2)c2nc(Br)nn2C)[C@H](CC)CN1c1nc(=O)n(C)c2ccc(C#N)nc12. The molecule has 1 unspecified atom stereocenters. The molecule has 1 aliphatic rings. The highest BCUT2D eigenvalue weighted by atomic mass is 79.9. The number of halogens is 2. The lowest BCUT2D eigenvalue weighted by molar-refractivity contribution is 0.104. The number of pyridine rings is 1. The van der Waals surface area contributed by atoms with E-state index in [0.717, 1.165) is 24.2 Å². The lowest BCUT2D eigenvalue weighted by atomic mass is 9.95. The van der Waals surface area contributed by atoms with Crippen molar-refractivity contribution >= 4 is 32.8 Å². The van der Waals surface area contributed by atoms with Gasteiger partial charge in [-0.1, -0.05) is 26.0 Å². The molecule has 4 heterocycles. The van der Waals surface area contributed by atoms with Crippen LogP contribution in [-0.4, -0.2) is 59.4 Å². The molecule has 202 valence electrons. The molecule has 5 rings (SSSR count). The van der Waals surface area contributed by atoms with Crippen LogP contribution in [0.25, 0.3) is 11.0 Å². The Morgan fingerprint density at radius 2 is 1.77 bits per heavy atom. The molecule has 1 fully saturated rings. The zero-order valence-electron chi connectivity index (χ0n) is 22.2. The Kier molecular flexibility index (Phi) is 7.46. The van der Waals surface area contributed by atoms with Gasteiger partial charge in [0.1, 0.15) is 28.9 Å². The zero-order valence-corrected chi connectivity index (χ0v) is 23.8. The molecular weight excluding hydrogens is 565 g/mol. The summed E-state index contributed by atoms with van der Waals surface area (Å²) in [5, 5.41) is 13.9. The third kappa shape index (κ3) is 4.92. The minimum atomic E-state index is -0.373. The summed E-state index contributed by atoms with van der Waals surface area (Å²) in [6.45, 7) is 5.45. The van der Waals surface area contributed by atoms with E-state index in [1.54, 1.807) is 36.0 Å². The van der Waals surface area contributed by atoms with Gasteiger partial charge >= 0.3 is 5.69 Å². The van der Waals surface area contributed by atoms with Crippen molar-refractivity contribution in [2.24, 2.45) is 14.1 Å². The van der Waals surface area contributed by atoms with E-state index in [-0.39, 0.29) is 35.3 Å². The maximum Gasteiger partial charge on any atom is 0.349 e. The maximum atomic E-state index is 13.9. The highest BCUT2D eigenvalue weighted by Crippen LogP contribution is 2.36. The van der Waals surface area contributed by atoms with E-state index in [1.807, 2.05) is 7.05 Å². The number of piperazine rings is 1. The molecule has 1 aromatic carbocycles. The highest BCUT2D eigenvalue weighted by molar-refractivity contribution is 9.10. The number of aromatic nitrogens is 6. The molecule has 0 aliphatic carbocycles. The fourth-order valence-corrected chi connectivity index (χ4v) is 5.89. The number of anilines is 1. The average molecular weight is 594 g/mol. The third-order valence-corrected chi connectivity index (χ3v) is 7.87. The van der Waals surface area contributed by atoms with Gasteiger partial charge in [0.2, 0.25) is 4.73 Å². The lowest BCUT2D eigenvalue weighted by Gasteiger charge is -2.49. The normalized spacial score (nSPS) is 18.8. The van der Waals surface area contributed by atoms with Crippen molar-refractivity contribution in [3.63, 3.8) is 0 Å². The van der Waals surface area contributed by atoms with Crippen molar-refractivity contribution in [3.05, 3.63) is 74.5 Å². The predicted molar refractivity (Wildman–Crippen MR) is 149 cm³/mol. The summed E-state index contributed by atoms with van der Waals surface area (Å²) in [6, 6.07) is 11.8. The number of hydrogen-bond donors (Lipinski definition) is 0. The van der Waals surface area contributed by atoms with Crippen LogP contribution in [0.15, 0.2) is 45.9 Å². The topological polar surface area (TPSA) is 109 Å². The Bertz CT molecular complexity index is 1610. The molecule has 39 heavy (non-hydrogen) atoms. The van der Waals surface area contributed by atoms with E-state index >= 15 is 0 Å². The summed E-state index contributed by atoms with van der Waals surface area (Å²) in [6.07, 6.45) is 1.59. The molecular formula is C27H29BrFN9O. The van der Waals surface area contributed by atoms with Crippen molar-refractivity contribution in [2.75, 3.05) is 18.0 Å². The van der Waals surface area contributed by atoms with Crippen LogP contribution in [0, 0.1) is 17.1 Å². The zero-order chi connectivity index (χ0) is 27.8. The van der Waals surface area contributed by atoms with E-state index in [2.05, 4.69) is 65.7 Å². The Morgan fingerprint density at radius 1 is 1.05 bits per heavy atom. The van der Waals surface area contributed by atoms with Crippen molar-refractivity contribution < 1.29 is 4.39 Å². The molecule has 0 radical (unpaired) electrons. The molecule has 3 aromatic heterocycles. The molecule has 1 aliphatic heterocycles. The molecule has 0 spiro atoms. The number of nitriles is 1. The van der Waals surface area contributed by atoms with Crippen LogP contribution in [0.5, 0.6) is 0 Å². The summed E-state index contributed by atoms with van der Waals surface area (Å²) in [5.41, 5.74) is 1.97. The van der Waals surface area contributed by atoms with E-state index in [1.165, 1.54) is 16.7 Å². The summed E-state index contributed by atoms with van der Waals surface area (Å²) < 4.78 is 17.6. The van der Waals surface area contributed by atoms with Gasteiger partial charge in [0, 0.05) is 39.3 Å². The summed E-state index contributed by atoms with van der Waals surface area (Å²) >= 11 is 3.41. The number of fused-ring (bicyclic) bond motifs is 1. The van der Waals surface area contributed by atoms with Gasteiger partial charge in [-0.15, -0.1) is 5.10 Å². The van der Waals surface area contributed by atoms with E-state index in [0.29, 0.717) is 34.7 Å². The monoisotopic (exact) mass is 593 g/mol. The highest BCUT2D eigenvalue weighted by Gasteiger charge is 2.40. The summed E-state index contributed by atoms with van der Waals surface area (Å²) in [7, 11) is 3.51. The van der Waals surface area contributed by atoms with Crippen LogP contribution in [0.4, 0.5) is 10.2 Å². The predicted octanol–water partition coefficient (Wildman–Crippen LogP) is 3.70. The van der Waals surface area contributed by atoms with E-state index in [9.17, 15) is 14.4 Å². The first-order valence-corrected chi connectivity index (χ1v) is 13.7. The fraction of sp³-hybridized carbons (Fsp3) is 0.407. The smallest absolute Gasteiger partial charge is 0.349 e. The second kappa shape index (κ2) is 10.8. The van der Waals surface area contributed by atoms with Crippen molar-refractivity contribution in [2.45, 2.75) is 44.8 Å². The Morgan fingerprint density at radius 3 is 2.38 bits per heavy atom. The molecule has 0 amide bonds. The van der Waals surface area contributed by atoms with Crippen molar-refractivity contribution in [1.82, 2.24) is 34.2 Å². The van der Waals surface area contributed by atoms with Crippen molar-refractivity contribution in [1.29, 1.82) is 5.26 Å². The Balaban J connectivity index is 1.62. The summed E-state index contributed by atoms with van der Waals surface area (Å²) in [5.74, 6) is 0.940. The number of rotatable bonds is 6. The minimum absolute atomic E-state index is 0.0113. The van der Waals surface area contributed by atoms with Gasteiger partial charge in [0.25, 0.3) is 0 Å². The quantitative estimate of drug-likeness (QED) is 0.333. The second-order valence-corrected chi connectivity index (χ2v) is 10.5. The Labute approximate surface area is 233 Å². The first kappa shape index (κ1) is 26.9. The molecule has 1 saturated heterocycles. The average Bonchev–Trinajstić information content (AvgIpc) is 3.28. The van der Waals surface area contributed by atoms with Gasteiger partial charge < -0.3 is 4.90 Å². The van der Waals surface area contributed by atoms with Crippen LogP contribution >= 0.6 is 15.9 Å². The largest absolute Gasteiger partial charge is 0.349 e. The number of hydrogen-bond acceptors (Lipinski definition) is 8. The van der Waals surface area contributed by atoms with E-state index in [4.69, 9.17) is 0 Å². The fourth-order valence-electron chi connectivity index (χ4n) is 5.47. The maximum absolute atomic E-state index is 13.9. The van der Waals surface area contributed by atoms with Crippen LogP contribution in [0.2, 0.25) is 0 Å². The molecule has 4 aromatic rings. The third-order valence-electron chi connectivity index (χ3n) is 7.54. The Hall–Kier alpha value is -3.69. The van der Waals surface area contributed by atoms with Gasteiger partial charge in [-0.25, -0.2) is 19.2 Å². The van der Waals surface area contributed by atoms with Crippen molar-refractivity contribution in [3.8, 4) is 6.07 Å². The molecule has 0 bridgehead atoms. The molecule has 0 N–H and O–H groups in total. The van der Waals surface area contributed by atoms with Gasteiger partial charge in [-0.05, 0) is 58.6 Å².